The fourth-order valence-corrected chi connectivity index (χ4v) is 4.32. The van der Waals surface area contributed by atoms with E-state index >= 15 is 0 Å². The molecular formula is C22H20N2O2. The van der Waals surface area contributed by atoms with Crippen LogP contribution in [0, 0.1) is 0 Å². The first-order valence-electron chi connectivity index (χ1n) is 8.90. The van der Waals surface area contributed by atoms with Crippen LogP contribution in [-0.2, 0) is 6.42 Å². The molecule has 4 heteroatoms. The Morgan fingerprint density at radius 3 is 1.85 bits per heavy atom. The third kappa shape index (κ3) is 2.15. The Balaban J connectivity index is 1.46. The molecule has 130 valence electrons. The van der Waals surface area contributed by atoms with Gasteiger partial charge in [0, 0.05) is 28.7 Å². The van der Waals surface area contributed by atoms with Crippen LogP contribution in [0.1, 0.15) is 40.5 Å². The lowest BCUT2D eigenvalue weighted by Gasteiger charge is -2.11. The Morgan fingerprint density at radius 1 is 0.808 bits per heavy atom. The number of benzene rings is 2. The van der Waals surface area contributed by atoms with Gasteiger partial charge in [-0.25, -0.2) is 0 Å². The molecule has 26 heavy (non-hydrogen) atoms. The molecule has 2 aliphatic rings. The van der Waals surface area contributed by atoms with Gasteiger partial charge in [0.05, 0.1) is 5.69 Å². The van der Waals surface area contributed by atoms with Crippen molar-refractivity contribution in [3.8, 4) is 17.4 Å². The van der Waals surface area contributed by atoms with Gasteiger partial charge in [-0.1, -0.05) is 36.4 Å². The van der Waals surface area contributed by atoms with E-state index < -0.39 is 0 Å². The lowest BCUT2D eigenvalue weighted by molar-refractivity contribution is 0.395. The number of aromatic nitrogens is 1. The van der Waals surface area contributed by atoms with Gasteiger partial charge >= 0.3 is 0 Å². The highest BCUT2D eigenvalue weighted by molar-refractivity contribution is 5.62. The molecule has 2 aromatic carbocycles. The van der Waals surface area contributed by atoms with Crippen molar-refractivity contribution in [2.24, 2.45) is 0 Å². The number of rotatable bonds is 3. The summed E-state index contributed by atoms with van der Waals surface area (Å²) in [6, 6.07) is 15.8. The van der Waals surface area contributed by atoms with Gasteiger partial charge in [0.25, 0.3) is 0 Å². The van der Waals surface area contributed by atoms with E-state index in [0.717, 1.165) is 35.3 Å². The van der Waals surface area contributed by atoms with Crippen LogP contribution < -0.4 is 5.73 Å². The molecule has 0 saturated carbocycles. The van der Waals surface area contributed by atoms with Crippen molar-refractivity contribution in [3.63, 3.8) is 0 Å². The monoisotopic (exact) mass is 344 g/mol. The second-order valence-electron chi connectivity index (χ2n) is 7.23. The van der Waals surface area contributed by atoms with Crippen LogP contribution in [0.15, 0.2) is 60.7 Å². The van der Waals surface area contributed by atoms with Crippen LogP contribution in [0.2, 0.25) is 0 Å². The van der Waals surface area contributed by atoms with Gasteiger partial charge in [-0.2, -0.15) is 0 Å². The van der Waals surface area contributed by atoms with Crippen molar-refractivity contribution in [2.45, 2.75) is 24.7 Å². The maximum Gasteiger partial charge on any atom is 0.202 e. The fraction of sp³-hybridized carbons (Fsp3) is 0.182. The molecule has 0 fully saturated rings. The summed E-state index contributed by atoms with van der Waals surface area (Å²) in [5.74, 6) is 0.792. The van der Waals surface area contributed by atoms with Gasteiger partial charge in [0.1, 0.15) is 0 Å². The van der Waals surface area contributed by atoms with Crippen LogP contribution in [0.25, 0.3) is 5.69 Å². The molecule has 0 amide bonds. The van der Waals surface area contributed by atoms with Crippen molar-refractivity contribution in [2.75, 3.05) is 5.73 Å². The van der Waals surface area contributed by atoms with Crippen LogP contribution >= 0.6 is 0 Å². The minimum Gasteiger partial charge on any atom is -0.494 e. The maximum atomic E-state index is 10.7. The number of nitrogen functional groups attached to an aromatic ring is 1. The summed E-state index contributed by atoms with van der Waals surface area (Å²) in [6.07, 6.45) is 6.04. The zero-order valence-electron chi connectivity index (χ0n) is 14.3. The number of nitrogens with two attached hydrogens (primary N) is 1. The van der Waals surface area contributed by atoms with E-state index in [0.29, 0.717) is 0 Å². The predicted octanol–water partition coefficient (Wildman–Crippen LogP) is 4.20. The molecule has 2 aliphatic carbocycles. The normalized spacial score (nSPS) is 19.8. The number of anilines is 1. The second-order valence-corrected chi connectivity index (χ2v) is 7.23. The number of hydrogen-bond acceptors (Lipinski definition) is 3. The molecule has 0 aliphatic heterocycles. The number of nitrogens with zero attached hydrogens (tertiary/aromatic N) is 1. The third-order valence-corrected chi connectivity index (χ3v) is 5.60. The molecule has 0 saturated heterocycles. The number of fused-ring (bicyclic) bond motifs is 5. The highest BCUT2D eigenvalue weighted by Crippen LogP contribution is 2.57. The Labute approximate surface area is 151 Å². The molecule has 1 heterocycles. The summed E-state index contributed by atoms with van der Waals surface area (Å²) in [5, 5.41) is 21.4. The molecule has 1 aromatic heterocycles. The molecule has 5 rings (SSSR count). The van der Waals surface area contributed by atoms with E-state index in [-0.39, 0.29) is 23.6 Å². The molecule has 3 aromatic rings. The first-order valence-corrected chi connectivity index (χ1v) is 8.90. The molecule has 0 spiro atoms. The summed E-state index contributed by atoms with van der Waals surface area (Å²) in [6.45, 7) is 0. The topological polar surface area (TPSA) is 71.4 Å². The average molecular weight is 344 g/mol. The van der Waals surface area contributed by atoms with Gasteiger partial charge < -0.3 is 15.9 Å². The molecule has 4 N–H and O–H groups in total. The smallest absolute Gasteiger partial charge is 0.202 e. The predicted molar refractivity (Wildman–Crippen MR) is 102 cm³/mol. The summed E-state index contributed by atoms with van der Waals surface area (Å²) in [4.78, 5) is 0. The standard InChI is InChI=1S/C22H20N2O2/c23-17-7-1-13(2-8-17)11-14-3-9-18(10-4-14)24-21(25)19-15-5-6-16(12-15)20(19)22(24)26/h1-10,15-16,25-26H,11-12,23H2. The highest BCUT2D eigenvalue weighted by atomic mass is 16.3. The lowest BCUT2D eigenvalue weighted by atomic mass is 10.0. The Kier molecular flexibility index (Phi) is 3.16. The van der Waals surface area contributed by atoms with Crippen molar-refractivity contribution in [1.82, 2.24) is 4.57 Å². The molecule has 2 atom stereocenters. The van der Waals surface area contributed by atoms with Crippen LogP contribution in [0.4, 0.5) is 5.69 Å². The van der Waals surface area contributed by atoms with E-state index in [2.05, 4.69) is 12.2 Å². The minimum absolute atomic E-state index is 0.167. The SMILES string of the molecule is Nc1ccc(Cc2ccc(-n3c(O)c4c(c3O)C3C=CC4C3)cc2)cc1. The van der Waals surface area contributed by atoms with Crippen molar-refractivity contribution < 1.29 is 10.2 Å². The quantitative estimate of drug-likeness (QED) is 0.492. The van der Waals surface area contributed by atoms with Crippen LogP contribution in [0.3, 0.4) is 0 Å². The van der Waals surface area contributed by atoms with Gasteiger partial charge in [-0.15, -0.1) is 0 Å². The molecular weight excluding hydrogens is 324 g/mol. The molecule has 4 nitrogen and oxygen atoms in total. The van der Waals surface area contributed by atoms with E-state index in [4.69, 9.17) is 5.73 Å². The summed E-state index contributed by atoms with van der Waals surface area (Å²) in [7, 11) is 0. The summed E-state index contributed by atoms with van der Waals surface area (Å²) >= 11 is 0. The minimum atomic E-state index is 0.167. The number of hydrogen-bond donors (Lipinski definition) is 3. The van der Waals surface area contributed by atoms with E-state index in [1.807, 2.05) is 48.5 Å². The van der Waals surface area contributed by atoms with Gasteiger partial charge in [0.15, 0.2) is 0 Å². The molecule has 0 radical (unpaired) electrons. The van der Waals surface area contributed by atoms with Gasteiger partial charge in [-0.3, -0.25) is 4.57 Å². The summed E-state index contributed by atoms with van der Waals surface area (Å²) < 4.78 is 1.56. The summed E-state index contributed by atoms with van der Waals surface area (Å²) in [5.41, 5.74) is 11.4. The van der Waals surface area contributed by atoms with Crippen molar-refractivity contribution >= 4 is 5.69 Å². The fourth-order valence-electron chi connectivity index (χ4n) is 4.32. The van der Waals surface area contributed by atoms with E-state index in [1.165, 1.54) is 11.1 Å². The first-order chi connectivity index (χ1) is 12.6. The van der Waals surface area contributed by atoms with Crippen molar-refractivity contribution in [3.05, 3.63) is 82.9 Å². The Bertz CT molecular complexity index is 978. The molecule has 2 bridgehead atoms. The van der Waals surface area contributed by atoms with Crippen molar-refractivity contribution in [1.29, 1.82) is 0 Å². The maximum absolute atomic E-state index is 10.7. The Hall–Kier alpha value is -3.14. The zero-order chi connectivity index (χ0) is 17.8. The van der Waals surface area contributed by atoms with Gasteiger partial charge in [0.2, 0.25) is 11.8 Å². The Morgan fingerprint density at radius 2 is 1.31 bits per heavy atom. The highest BCUT2D eigenvalue weighted by Gasteiger charge is 2.41. The number of aromatic hydroxyl groups is 2. The largest absolute Gasteiger partial charge is 0.494 e. The second kappa shape index (κ2) is 5.43. The third-order valence-electron chi connectivity index (χ3n) is 5.60. The number of allylic oxidation sites excluding steroid dienone is 2. The van der Waals surface area contributed by atoms with E-state index in [9.17, 15) is 10.2 Å². The first kappa shape index (κ1) is 15.1. The van der Waals surface area contributed by atoms with Gasteiger partial charge in [-0.05, 0) is 48.2 Å². The average Bonchev–Trinajstić information content (AvgIpc) is 3.32. The zero-order valence-corrected chi connectivity index (χ0v) is 14.3. The van der Waals surface area contributed by atoms with Crippen LogP contribution in [0.5, 0.6) is 11.8 Å². The lowest BCUT2D eigenvalue weighted by Crippen LogP contribution is -1.96. The van der Waals surface area contributed by atoms with E-state index in [1.54, 1.807) is 4.57 Å². The molecule has 2 unspecified atom stereocenters. The van der Waals surface area contributed by atoms with Crippen LogP contribution in [-0.4, -0.2) is 14.8 Å².